The van der Waals surface area contributed by atoms with Crippen LogP contribution in [0, 0.1) is 0 Å². The van der Waals surface area contributed by atoms with Crippen LogP contribution in [0.3, 0.4) is 0 Å². The number of rotatable bonds is 50. The second kappa shape index (κ2) is 49.8. The molecule has 6 heteroatoms. The van der Waals surface area contributed by atoms with Crippen LogP contribution in [-0.4, -0.2) is 57.3 Å². The second-order valence-electron chi connectivity index (χ2n) is 18.9. The minimum atomic E-state index is -1.28. The third kappa shape index (κ3) is 43.8. The van der Waals surface area contributed by atoms with Crippen molar-refractivity contribution < 1.29 is 25.2 Å². The van der Waals surface area contributed by atoms with Crippen LogP contribution in [0.15, 0.2) is 24.3 Å². The normalized spacial score (nSPS) is 14.0. The monoisotopic (exact) mass is 862 g/mol. The highest BCUT2D eigenvalue weighted by Crippen LogP contribution is 2.17. The summed E-state index contributed by atoms with van der Waals surface area (Å²) in [6, 6.07) is -1.00. The topological polar surface area (TPSA) is 110 Å². The Balaban J connectivity index is 3.68. The van der Waals surface area contributed by atoms with Gasteiger partial charge in [-0.2, -0.15) is 0 Å². The zero-order valence-electron chi connectivity index (χ0n) is 40.9. The fourth-order valence-corrected chi connectivity index (χ4v) is 8.58. The molecule has 5 N–H and O–H groups in total. The number of allylic oxidation sites excluding steroid dienone is 4. The van der Waals surface area contributed by atoms with E-state index in [1.54, 1.807) is 0 Å². The Morgan fingerprint density at radius 1 is 0.393 bits per heavy atom. The van der Waals surface area contributed by atoms with Gasteiger partial charge < -0.3 is 25.7 Å². The molecule has 6 nitrogen and oxygen atoms in total. The van der Waals surface area contributed by atoms with Crippen LogP contribution in [0.5, 0.6) is 0 Å². The Kier molecular flexibility index (Phi) is 48.8. The van der Waals surface area contributed by atoms with Crippen LogP contribution in [0.25, 0.3) is 0 Å². The molecule has 0 saturated heterocycles. The Morgan fingerprint density at radius 2 is 0.672 bits per heavy atom. The number of carbonyl (C=O) groups is 1. The van der Waals surface area contributed by atoms with Crippen LogP contribution in [0.2, 0.25) is 0 Å². The van der Waals surface area contributed by atoms with Crippen molar-refractivity contribution in [3.05, 3.63) is 24.3 Å². The van der Waals surface area contributed by atoms with Gasteiger partial charge in [0.05, 0.1) is 18.8 Å². The fourth-order valence-electron chi connectivity index (χ4n) is 8.58. The number of aliphatic hydroxyl groups excluding tert-OH is 4. The van der Waals surface area contributed by atoms with E-state index in [2.05, 4.69) is 43.5 Å². The molecule has 0 rings (SSSR count). The first-order valence-corrected chi connectivity index (χ1v) is 27.2. The molecule has 362 valence electrons. The fraction of sp³-hybridized carbons (Fsp3) is 0.909. The molecular weight excluding hydrogens is 755 g/mol. The maximum Gasteiger partial charge on any atom is 0.249 e. The minimum Gasteiger partial charge on any atom is -0.394 e. The largest absolute Gasteiger partial charge is 0.394 e. The van der Waals surface area contributed by atoms with E-state index in [1.165, 1.54) is 218 Å². The van der Waals surface area contributed by atoms with Crippen molar-refractivity contribution in [2.45, 2.75) is 314 Å². The molecule has 0 aliphatic carbocycles. The van der Waals surface area contributed by atoms with Gasteiger partial charge in [0.2, 0.25) is 5.91 Å². The maximum atomic E-state index is 12.6. The number of unbranched alkanes of at least 4 members (excludes halogenated alkanes) is 37. The molecule has 0 heterocycles. The highest BCUT2D eigenvalue weighted by atomic mass is 16.3. The Bertz CT molecular complexity index is 924. The lowest BCUT2D eigenvalue weighted by atomic mass is 10.00. The summed E-state index contributed by atoms with van der Waals surface area (Å²) >= 11 is 0. The van der Waals surface area contributed by atoms with Crippen molar-refractivity contribution in [1.82, 2.24) is 5.32 Å². The van der Waals surface area contributed by atoms with E-state index in [0.29, 0.717) is 12.8 Å². The van der Waals surface area contributed by atoms with Crippen LogP contribution >= 0.6 is 0 Å². The summed E-state index contributed by atoms with van der Waals surface area (Å²) in [6.45, 7) is 4.07. The van der Waals surface area contributed by atoms with Crippen molar-refractivity contribution in [1.29, 1.82) is 0 Å². The molecule has 4 atom stereocenters. The maximum absolute atomic E-state index is 12.6. The molecule has 0 aliphatic heterocycles. The third-order valence-corrected chi connectivity index (χ3v) is 12.9. The zero-order valence-corrected chi connectivity index (χ0v) is 40.9. The molecule has 0 radical (unpaired) electrons. The predicted molar refractivity (Wildman–Crippen MR) is 265 cm³/mol. The van der Waals surface area contributed by atoms with Gasteiger partial charge in [-0.3, -0.25) is 4.79 Å². The van der Waals surface area contributed by atoms with Crippen molar-refractivity contribution in [2.75, 3.05) is 6.61 Å². The highest BCUT2D eigenvalue weighted by Gasteiger charge is 2.28. The summed E-state index contributed by atoms with van der Waals surface area (Å²) in [5, 5.41) is 43.9. The minimum absolute atomic E-state index is 0.357. The van der Waals surface area contributed by atoms with E-state index in [9.17, 15) is 25.2 Å². The molecule has 1 amide bonds. The Hall–Kier alpha value is -1.21. The van der Waals surface area contributed by atoms with Gasteiger partial charge in [-0.1, -0.05) is 250 Å². The van der Waals surface area contributed by atoms with E-state index in [0.717, 1.165) is 44.9 Å². The first-order valence-electron chi connectivity index (χ1n) is 27.2. The molecule has 0 spiro atoms. The van der Waals surface area contributed by atoms with Crippen LogP contribution in [-0.2, 0) is 4.79 Å². The summed E-state index contributed by atoms with van der Waals surface area (Å²) in [5.41, 5.74) is 0. The molecule has 0 aromatic carbocycles. The van der Waals surface area contributed by atoms with Crippen LogP contribution in [0.1, 0.15) is 290 Å². The molecule has 61 heavy (non-hydrogen) atoms. The van der Waals surface area contributed by atoms with Gasteiger partial charge >= 0.3 is 0 Å². The number of nitrogens with one attached hydrogen (secondary N) is 1. The average Bonchev–Trinajstić information content (AvgIpc) is 3.26. The van der Waals surface area contributed by atoms with Gasteiger partial charge in [-0.05, 0) is 64.2 Å². The summed E-state index contributed by atoms with van der Waals surface area (Å²) in [5.74, 6) is -0.594. The lowest BCUT2D eigenvalue weighted by molar-refractivity contribution is -0.132. The van der Waals surface area contributed by atoms with Gasteiger partial charge in [-0.25, -0.2) is 0 Å². The zero-order chi connectivity index (χ0) is 44.5. The van der Waals surface area contributed by atoms with E-state index >= 15 is 0 Å². The number of aliphatic hydroxyl groups is 4. The molecule has 0 aliphatic rings. The summed E-state index contributed by atoms with van der Waals surface area (Å²) in [4.78, 5) is 12.6. The first-order chi connectivity index (χ1) is 30.0. The Labute approximate surface area is 380 Å². The summed E-state index contributed by atoms with van der Waals surface area (Å²) in [7, 11) is 0. The molecule has 0 bridgehead atoms. The van der Waals surface area contributed by atoms with Gasteiger partial charge in [0.1, 0.15) is 12.2 Å². The predicted octanol–water partition coefficient (Wildman–Crippen LogP) is 15.5. The van der Waals surface area contributed by atoms with Crippen LogP contribution < -0.4 is 5.32 Å². The number of amides is 1. The molecule has 0 aromatic rings. The van der Waals surface area contributed by atoms with Crippen molar-refractivity contribution in [3.63, 3.8) is 0 Å². The van der Waals surface area contributed by atoms with Crippen molar-refractivity contribution in [2.24, 2.45) is 0 Å². The van der Waals surface area contributed by atoms with E-state index in [-0.39, 0.29) is 0 Å². The quantitative estimate of drug-likeness (QED) is 0.0309. The smallest absolute Gasteiger partial charge is 0.249 e. The Morgan fingerprint density at radius 3 is 0.984 bits per heavy atom. The van der Waals surface area contributed by atoms with E-state index in [1.807, 2.05) is 0 Å². The van der Waals surface area contributed by atoms with E-state index in [4.69, 9.17) is 0 Å². The molecule has 0 fully saturated rings. The molecule has 0 aromatic heterocycles. The number of hydrogen-bond acceptors (Lipinski definition) is 5. The first kappa shape index (κ1) is 59.8. The lowest BCUT2D eigenvalue weighted by Crippen LogP contribution is -2.53. The van der Waals surface area contributed by atoms with Crippen molar-refractivity contribution in [3.8, 4) is 0 Å². The van der Waals surface area contributed by atoms with Crippen LogP contribution in [0.4, 0.5) is 0 Å². The van der Waals surface area contributed by atoms with Gasteiger partial charge in [-0.15, -0.1) is 0 Å². The molecule has 4 unspecified atom stereocenters. The number of carbonyl (C=O) groups excluding carboxylic acids is 1. The summed E-state index contributed by atoms with van der Waals surface area (Å²) in [6.07, 6.45) is 59.5. The molecule has 0 saturated carbocycles. The number of hydrogen-bond donors (Lipinski definition) is 5. The van der Waals surface area contributed by atoms with E-state index < -0.39 is 36.9 Å². The lowest BCUT2D eigenvalue weighted by Gasteiger charge is -2.27. The molecular formula is C55H107NO5. The second-order valence-corrected chi connectivity index (χ2v) is 18.9. The third-order valence-electron chi connectivity index (χ3n) is 12.9. The van der Waals surface area contributed by atoms with Gasteiger partial charge in [0, 0.05) is 0 Å². The van der Waals surface area contributed by atoms with Gasteiger partial charge in [0.15, 0.2) is 0 Å². The summed E-state index contributed by atoms with van der Waals surface area (Å²) < 4.78 is 0. The van der Waals surface area contributed by atoms with Gasteiger partial charge in [0.25, 0.3) is 0 Å². The van der Waals surface area contributed by atoms with Crippen molar-refractivity contribution >= 4 is 5.91 Å². The standard InChI is InChI=1S/C55H107NO5/c1-3-5-7-9-11-13-15-17-19-21-23-25-27-29-30-32-34-36-38-40-42-44-46-48-52(58)54(60)51(50-57)56-55(61)53(59)49-47-45-43-41-39-37-35-33-31-28-26-24-22-20-18-16-14-12-10-8-6-4-2/h31,33,40,42,51-54,57-60H,3-30,32,34-39,41,43-50H2,1-2H3,(H,56,61)/b33-31-,42-40+. The SMILES string of the molecule is CCCCCCCCCCCCCC/C=C\CCCCCCCCC(O)C(=O)NC(CO)C(O)C(O)CCC/C=C/CCCCCCCCCCCCCCCCCCCC. The average molecular weight is 862 g/mol. The highest BCUT2D eigenvalue weighted by molar-refractivity contribution is 5.80.